The van der Waals surface area contributed by atoms with E-state index in [0.29, 0.717) is 51.6 Å². The fourth-order valence-corrected chi connectivity index (χ4v) is 5.57. The van der Waals surface area contributed by atoms with E-state index in [1.807, 2.05) is 60.8 Å². The normalized spacial score (nSPS) is 12.2. The zero-order valence-corrected chi connectivity index (χ0v) is 33.2. The maximum Gasteiger partial charge on any atom is 0.417 e. The minimum absolute atomic E-state index is 0.0171. The van der Waals surface area contributed by atoms with Gasteiger partial charge in [-0.05, 0) is 77.5 Å². The van der Waals surface area contributed by atoms with Crippen molar-refractivity contribution in [3.8, 4) is 0 Å². The lowest BCUT2D eigenvalue weighted by molar-refractivity contribution is -0.130. The van der Waals surface area contributed by atoms with Crippen molar-refractivity contribution in [3.05, 3.63) is 71.8 Å². The summed E-state index contributed by atoms with van der Waals surface area (Å²) in [5, 5.41) is 36.1. The molecule has 0 aromatic heterocycles. The molecule has 0 bridgehead atoms. The first-order valence-corrected chi connectivity index (χ1v) is 19.2. The molecule has 16 heteroatoms. The Kier molecular flexibility index (Phi) is 21.6. The Balaban J connectivity index is 1.87. The number of hydrogen-bond donors (Lipinski definition) is 7. The Morgan fingerprint density at radius 3 is 2.04 bits per heavy atom. The van der Waals surface area contributed by atoms with Gasteiger partial charge in [-0.25, -0.2) is 19.3 Å². The average molecular weight is 784 g/mol. The van der Waals surface area contributed by atoms with E-state index in [1.54, 1.807) is 20.8 Å². The Morgan fingerprint density at radius 1 is 0.786 bits per heavy atom. The molecule has 2 atom stereocenters. The average Bonchev–Trinajstić information content (AvgIpc) is 3.12. The lowest BCUT2D eigenvalue weighted by atomic mass is 10.1. The van der Waals surface area contributed by atoms with Gasteiger partial charge in [0.05, 0.1) is 13.2 Å². The molecule has 0 aliphatic rings. The molecule has 0 heterocycles. The van der Waals surface area contributed by atoms with Gasteiger partial charge in [0, 0.05) is 38.6 Å². The summed E-state index contributed by atoms with van der Waals surface area (Å²) in [5.74, 6) is -1.26. The van der Waals surface area contributed by atoms with Crippen LogP contribution in [-0.2, 0) is 32.2 Å². The number of carbonyl (C=O) groups excluding carboxylic acids is 3. The van der Waals surface area contributed by atoms with Gasteiger partial charge >= 0.3 is 18.3 Å². The van der Waals surface area contributed by atoms with Gasteiger partial charge in [0.15, 0.2) is 0 Å². The Hall–Kier alpha value is -5.22. The Morgan fingerprint density at radius 2 is 1.41 bits per heavy atom. The predicted octanol–water partition coefficient (Wildman–Crippen LogP) is 5.52. The van der Waals surface area contributed by atoms with E-state index < -0.39 is 35.9 Å². The molecule has 0 spiro atoms. The van der Waals surface area contributed by atoms with Crippen molar-refractivity contribution in [1.29, 1.82) is 5.41 Å². The molecule has 0 fully saturated rings. The largest absolute Gasteiger partial charge is 0.465 e. The van der Waals surface area contributed by atoms with E-state index in [0.717, 1.165) is 35.5 Å². The fraction of sp³-hybridized carbons (Fsp3) is 0.550. The number of benzene rings is 2. The number of carbonyl (C=O) groups is 5. The van der Waals surface area contributed by atoms with E-state index in [9.17, 15) is 24.0 Å². The second-order valence-corrected chi connectivity index (χ2v) is 14.6. The minimum atomic E-state index is -1.47. The van der Waals surface area contributed by atoms with Crippen LogP contribution in [0.15, 0.2) is 60.7 Å². The van der Waals surface area contributed by atoms with Crippen molar-refractivity contribution < 1.29 is 43.7 Å². The molecule has 16 nitrogen and oxygen atoms in total. The van der Waals surface area contributed by atoms with Crippen LogP contribution in [0.2, 0.25) is 0 Å². The second kappa shape index (κ2) is 25.8. The number of amides is 5. The SMILES string of the molecule is C[C@H](CCN(CCCCNC(=O)[C@H](COCc1ccccc1)NC(=O)CCCCCCN(C(=N)NC(=O)O)C(=O)OC(C)(C)C)Cc1ccccc1)NC(=O)O. The molecule has 5 amide bonds. The summed E-state index contributed by atoms with van der Waals surface area (Å²) in [7, 11) is 0. The molecule has 0 aliphatic carbocycles. The maximum absolute atomic E-state index is 13.3. The highest BCUT2D eigenvalue weighted by Crippen LogP contribution is 2.13. The molecule has 2 rings (SSSR count). The van der Waals surface area contributed by atoms with Gasteiger partial charge in [-0.2, -0.15) is 0 Å². The number of nitrogens with zero attached hydrogens (tertiary/aromatic N) is 2. The third-order valence-electron chi connectivity index (χ3n) is 8.39. The molecule has 2 aromatic rings. The smallest absolute Gasteiger partial charge is 0.417 e. The Bertz CT molecular complexity index is 1510. The summed E-state index contributed by atoms with van der Waals surface area (Å²) in [6, 6.07) is 18.5. The number of unbranched alkanes of at least 4 members (excludes halogenated alkanes) is 4. The monoisotopic (exact) mass is 783 g/mol. The van der Waals surface area contributed by atoms with Crippen LogP contribution in [0.25, 0.3) is 0 Å². The fourth-order valence-electron chi connectivity index (χ4n) is 5.57. The summed E-state index contributed by atoms with van der Waals surface area (Å²) in [4.78, 5) is 64.1. The second-order valence-electron chi connectivity index (χ2n) is 14.6. The molecule has 2 aromatic carbocycles. The van der Waals surface area contributed by atoms with E-state index in [-0.39, 0.29) is 44.0 Å². The van der Waals surface area contributed by atoms with E-state index in [2.05, 4.69) is 33.0 Å². The zero-order valence-electron chi connectivity index (χ0n) is 33.2. The van der Waals surface area contributed by atoms with Crippen molar-refractivity contribution in [1.82, 2.24) is 31.1 Å². The first-order valence-electron chi connectivity index (χ1n) is 19.2. The molecule has 0 radical (unpaired) electrons. The molecular weight excluding hydrogens is 722 g/mol. The highest BCUT2D eigenvalue weighted by Gasteiger charge is 2.26. The van der Waals surface area contributed by atoms with Crippen molar-refractivity contribution >= 4 is 36.1 Å². The first-order chi connectivity index (χ1) is 26.6. The third-order valence-corrected chi connectivity index (χ3v) is 8.39. The standard InChI is InChI=1S/C40H61N7O9/c1-30(43-37(50)51)22-26-46(27-31-17-9-7-10-18-31)24-16-14-23-42-35(49)33(29-55-28-32-19-11-8-12-20-32)44-34(48)21-13-5-6-15-25-47(36(41)45-38(52)53)39(54)56-40(2,3)4/h7-12,17-20,30,33,43H,5-6,13-16,21-29H2,1-4H3,(H2,41,45)(H,42,49)(H,44,48)(H,50,51)(H,52,53)/t30-,33+/m1/s1. The van der Waals surface area contributed by atoms with E-state index >= 15 is 0 Å². The van der Waals surface area contributed by atoms with Crippen molar-refractivity contribution in [2.45, 2.75) is 110 Å². The van der Waals surface area contributed by atoms with Crippen molar-refractivity contribution in [2.75, 3.05) is 32.8 Å². The zero-order chi connectivity index (χ0) is 41.3. The molecule has 56 heavy (non-hydrogen) atoms. The van der Waals surface area contributed by atoms with Crippen LogP contribution in [0.5, 0.6) is 0 Å². The summed E-state index contributed by atoms with van der Waals surface area (Å²) in [5.41, 5.74) is 1.26. The number of carboxylic acid groups (broad SMARTS) is 2. The van der Waals surface area contributed by atoms with Crippen LogP contribution in [0.1, 0.15) is 90.2 Å². The van der Waals surface area contributed by atoms with Crippen LogP contribution in [0.4, 0.5) is 14.4 Å². The van der Waals surface area contributed by atoms with E-state index in [4.69, 9.17) is 25.1 Å². The van der Waals surface area contributed by atoms with E-state index in [1.165, 1.54) is 0 Å². The summed E-state index contributed by atoms with van der Waals surface area (Å²) in [6.07, 6.45) is 1.12. The highest BCUT2D eigenvalue weighted by atomic mass is 16.6. The lowest BCUT2D eigenvalue weighted by Gasteiger charge is -2.27. The number of nitrogens with one attached hydrogen (secondary N) is 5. The molecule has 7 N–H and O–H groups in total. The topological polar surface area (TPSA) is 223 Å². The quantitative estimate of drug-likeness (QED) is 0.0401. The van der Waals surface area contributed by atoms with Crippen LogP contribution in [0, 0.1) is 5.41 Å². The van der Waals surface area contributed by atoms with Gasteiger partial charge in [-0.1, -0.05) is 73.5 Å². The molecular formula is C40H61N7O9. The van der Waals surface area contributed by atoms with Gasteiger partial charge in [-0.3, -0.25) is 25.2 Å². The van der Waals surface area contributed by atoms with Crippen LogP contribution < -0.4 is 21.3 Å². The van der Waals surface area contributed by atoms with Crippen LogP contribution in [0.3, 0.4) is 0 Å². The number of hydrogen-bond acceptors (Lipinski definition) is 9. The molecule has 310 valence electrons. The van der Waals surface area contributed by atoms with Gasteiger partial charge < -0.3 is 35.6 Å². The Labute approximate surface area is 330 Å². The van der Waals surface area contributed by atoms with Gasteiger partial charge in [0.1, 0.15) is 11.6 Å². The van der Waals surface area contributed by atoms with Crippen LogP contribution in [-0.4, -0.2) is 107 Å². The first kappa shape index (κ1) is 46.9. The lowest BCUT2D eigenvalue weighted by Crippen LogP contribution is -2.49. The number of rotatable bonds is 24. The van der Waals surface area contributed by atoms with Crippen molar-refractivity contribution in [2.24, 2.45) is 0 Å². The third kappa shape index (κ3) is 21.6. The summed E-state index contributed by atoms with van der Waals surface area (Å²) in [6.45, 7) is 9.75. The number of ether oxygens (including phenoxy) is 2. The highest BCUT2D eigenvalue weighted by molar-refractivity contribution is 5.99. The van der Waals surface area contributed by atoms with Gasteiger partial charge in [0.25, 0.3) is 0 Å². The summed E-state index contributed by atoms with van der Waals surface area (Å²) < 4.78 is 11.1. The molecule has 0 aliphatic heterocycles. The maximum atomic E-state index is 13.3. The minimum Gasteiger partial charge on any atom is -0.465 e. The predicted molar refractivity (Wildman–Crippen MR) is 212 cm³/mol. The molecule has 0 saturated heterocycles. The van der Waals surface area contributed by atoms with Gasteiger partial charge in [0.2, 0.25) is 17.8 Å². The van der Waals surface area contributed by atoms with Gasteiger partial charge in [-0.15, -0.1) is 0 Å². The van der Waals surface area contributed by atoms with Crippen LogP contribution >= 0.6 is 0 Å². The molecule has 0 unspecified atom stereocenters. The molecule has 0 saturated carbocycles. The summed E-state index contributed by atoms with van der Waals surface area (Å²) >= 11 is 0. The van der Waals surface area contributed by atoms with Crippen molar-refractivity contribution in [3.63, 3.8) is 0 Å². The number of guanidine groups is 1.